The molecule has 0 amide bonds. The van der Waals surface area contributed by atoms with Crippen LogP contribution in [-0.4, -0.2) is 13.1 Å². The predicted octanol–water partition coefficient (Wildman–Crippen LogP) is 3.73. The van der Waals surface area contributed by atoms with Gasteiger partial charge in [-0.15, -0.1) is 0 Å². The van der Waals surface area contributed by atoms with Gasteiger partial charge in [-0.25, -0.2) is 0 Å². The molecule has 2 heteroatoms. The Bertz CT molecular complexity index is 341. The molecule has 0 heterocycles. The van der Waals surface area contributed by atoms with Gasteiger partial charge in [0, 0.05) is 5.92 Å². The van der Waals surface area contributed by atoms with Gasteiger partial charge in [0.15, 0.2) is 0 Å². The molecule has 0 bridgehead atoms. The summed E-state index contributed by atoms with van der Waals surface area (Å²) in [6.45, 7) is 1.01. The third kappa shape index (κ3) is 3.86. The molecule has 1 radical (unpaired) electrons. The first-order valence-corrected chi connectivity index (χ1v) is 6.85. The molecular formula is C16H21O2. The first kappa shape index (κ1) is 13.1. The molecule has 0 N–H and O–H groups in total. The van der Waals surface area contributed by atoms with Crippen molar-refractivity contribution in [2.75, 3.05) is 6.61 Å². The Morgan fingerprint density at radius 3 is 2.56 bits per heavy atom. The summed E-state index contributed by atoms with van der Waals surface area (Å²) in [5.41, 5.74) is 1.24. The van der Waals surface area contributed by atoms with E-state index >= 15 is 0 Å². The van der Waals surface area contributed by atoms with Gasteiger partial charge in [0.25, 0.3) is 6.47 Å². The standard InChI is InChI=1S/C16H21O2/c17-13-18-12-16(15-9-5-2-6-10-15)11-14-7-3-1-4-8-14/h2,5-6,9-11,13-14,16H,1,3-4,7-8,12H2. The highest BCUT2D eigenvalue weighted by molar-refractivity contribution is 5.37. The average Bonchev–Trinajstić information content (AvgIpc) is 2.45. The van der Waals surface area contributed by atoms with Gasteiger partial charge in [-0.1, -0.05) is 62.4 Å². The minimum atomic E-state index is 0.236. The second-order valence-electron chi connectivity index (χ2n) is 5.04. The van der Waals surface area contributed by atoms with Gasteiger partial charge in [0.1, 0.15) is 0 Å². The van der Waals surface area contributed by atoms with Crippen LogP contribution in [0, 0.1) is 12.3 Å². The lowest BCUT2D eigenvalue weighted by atomic mass is 9.81. The monoisotopic (exact) mass is 245 g/mol. The molecule has 1 aromatic rings. The average molecular weight is 245 g/mol. The summed E-state index contributed by atoms with van der Waals surface area (Å²) < 4.78 is 4.98. The van der Waals surface area contributed by atoms with Gasteiger partial charge in [0.2, 0.25) is 0 Å². The summed E-state index contributed by atoms with van der Waals surface area (Å²) in [6.07, 6.45) is 8.98. The fourth-order valence-corrected chi connectivity index (χ4v) is 2.76. The molecule has 2 nitrogen and oxygen atoms in total. The van der Waals surface area contributed by atoms with Crippen molar-refractivity contribution in [3.8, 4) is 0 Å². The van der Waals surface area contributed by atoms with E-state index < -0.39 is 0 Å². The number of hydrogen-bond acceptors (Lipinski definition) is 2. The molecule has 18 heavy (non-hydrogen) atoms. The summed E-state index contributed by atoms with van der Waals surface area (Å²) in [5, 5.41) is 0. The second-order valence-corrected chi connectivity index (χ2v) is 5.04. The molecule has 1 fully saturated rings. The molecule has 1 saturated carbocycles. The molecule has 1 aliphatic rings. The van der Waals surface area contributed by atoms with Gasteiger partial charge in [-0.05, 0) is 17.9 Å². The van der Waals surface area contributed by atoms with Crippen molar-refractivity contribution < 1.29 is 9.53 Å². The molecule has 1 atom stereocenters. The van der Waals surface area contributed by atoms with Crippen LogP contribution in [0.4, 0.5) is 0 Å². The number of carbonyl (C=O) groups is 1. The van der Waals surface area contributed by atoms with Crippen molar-refractivity contribution in [2.45, 2.75) is 38.0 Å². The zero-order valence-electron chi connectivity index (χ0n) is 10.8. The molecule has 1 unspecified atom stereocenters. The highest BCUT2D eigenvalue weighted by Crippen LogP contribution is 2.32. The molecule has 0 spiro atoms. The Labute approximate surface area is 109 Å². The number of carbonyl (C=O) groups excluding carboxylic acids is 1. The van der Waals surface area contributed by atoms with Gasteiger partial charge < -0.3 is 4.74 Å². The highest BCUT2D eigenvalue weighted by Gasteiger charge is 2.20. The minimum Gasteiger partial charge on any atom is -0.467 e. The lowest BCUT2D eigenvalue weighted by Crippen LogP contribution is -2.16. The van der Waals surface area contributed by atoms with Crippen LogP contribution >= 0.6 is 0 Å². The van der Waals surface area contributed by atoms with E-state index in [1.54, 1.807) is 0 Å². The van der Waals surface area contributed by atoms with Crippen LogP contribution < -0.4 is 0 Å². The Hall–Kier alpha value is -1.31. The van der Waals surface area contributed by atoms with Gasteiger partial charge in [-0.2, -0.15) is 0 Å². The Morgan fingerprint density at radius 2 is 1.89 bits per heavy atom. The predicted molar refractivity (Wildman–Crippen MR) is 72.1 cm³/mol. The van der Waals surface area contributed by atoms with Crippen molar-refractivity contribution in [2.24, 2.45) is 5.92 Å². The van der Waals surface area contributed by atoms with E-state index in [-0.39, 0.29) is 5.92 Å². The smallest absolute Gasteiger partial charge is 0.293 e. The van der Waals surface area contributed by atoms with Gasteiger partial charge >= 0.3 is 0 Å². The van der Waals surface area contributed by atoms with E-state index in [1.807, 2.05) is 18.2 Å². The van der Waals surface area contributed by atoms with Crippen molar-refractivity contribution in [3.05, 3.63) is 42.3 Å². The van der Waals surface area contributed by atoms with Gasteiger partial charge in [-0.3, -0.25) is 4.79 Å². The first-order chi connectivity index (χ1) is 8.90. The molecular weight excluding hydrogens is 224 g/mol. The molecule has 0 aromatic heterocycles. The third-order valence-corrected chi connectivity index (χ3v) is 3.73. The molecule has 0 aliphatic heterocycles. The van der Waals surface area contributed by atoms with Crippen molar-refractivity contribution in [3.63, 3.8) is 0 Å². The lowest BCUT2D eigenvalue weighted by molar-refractivity contribution is -0.129. The summed E-state index contributed by atoms with van der Waals surface area (Å²) in [4.78, 5) is 10.4. The Morgan fingerprint density at radius 1 is 1.17 bits per heavy atom. The SMILES string of the molecule is O=COCC([CH]C1CCCCC1)c1ccccc1. The zero-order chi connectivity index (χ0) is 12.6. The summed E-state index contributed by atoms with van der Waals surface area (Å²) >= 11 is 0. The van der Waals surface area contributed by atoms with Gasteiger partial charge in [0.05, 0.1) is 6.61 Å². The second kappa shape index (κ2) is 7.20. The van der Waals surface area contributed by atoms with Crippen LogP contribution in [-0.2, 0) is 9.53 Å². The van der Waals surface area contributed by atoms with E-state index in [0.29, 0.717) is 19.0 Å². The molecule has 2 rings (SSSR count). The summed E-state index contributed by atoms with van der Waals surface area (Å²) in [6, 6.07) is 10.3. The number of hydrogen-bond donors (Lipinski definition) is 0. The Kier molecular flexibility index (Phi) is 5.25. The largest absolute Gasteiger partial charge is 0.467 e. The first-order valence-electron chi connectivity index (χ1n) is 6.85. The van der Waals surface area contributed by atoms with Crippen LogP contribution in [0.5, 0.6) is 0 Å². The third-order valence-electron chi connectivity index (χ3n) is 3.73. The summed E-state index contributed by atoms with van der Waals surface area (Å²) in [7, 11) is 0. The van der Waals surface area contributed by atoms with Crippen LogP contribution in [0.25, 0.3) is 0 Å². The van der Waals surface area contributed by atoms with Crippen LogP contribution in [0.2, 0.25) is 0 Å². The normalized spacial score (nSPS) is 18.2. The van der Waals surface area contributed by atoms with Crippen LogP contribution in [0.15, 0.2) is 30.3 Å². The minimum absolute atomic E-state index is 0.236. The molecule has 1 aromatic carbocycles. The van der Waals surface area contributed by atoms with Crippen molar-refractivity contribution in [1.29, 1.82) is 0 Å². The summed E-state index contributed by atoms with van der Waals surface area (Å²) in [5.74, 6) is 0.915. The van der Waals surface area contributed by atoms with Crippen LogP contribution in [0.3, 0.4) is 0 Å². The topological polar surface area (TPSA) is 26.3 Å². The van der Waals surface area contributed by atoms with E-state index in [0.717, 1.165) is 0 Å². The highest BCUT2D eigenvalue weighted by atomic mass is 16.5. The maximum Gasteiger partial charge on any atom is 0.293 e. The number of ether oxygens (including phenoxy) is 1. The number of rotatable bonds is 6. The van der Waals surface area contributed by atoms with E-state index in [1.165, 1.54) is 37.7 Å². The number of benzene rings is 1. The fraction of sp³-hybridized carbons (Fsp3) is 0.500. The quantitative estimate of drug-likeness (QED) is 0.714. The molecule has 1 aliphatic carbocycles. The van der Waals surface area contributed by atoms with E-state index in [9.17, 15) is 4.79 Å². The maximum absolute atomic E-state index is 10.4. The molecule has 97 valence electrons. The maximum atomic E-state index is 10.4. The van der Waals surface area contributed by atoms with Crippen molar-refractivity contribution in [1.82, 2.24) is 0 Å². The fourth-order valence-electron chi connectivity index (χ4n) is 2.76. The molecule has 0 saturated heterocycles. The van der Waals surface area contributed by atoms with Crippen molar-refractivity contribution >= 4 is 6.47 Å². The Balaban J connectivity index is 1.97. The lowest BCUT2D eigenvalue weighted by Gasteiger charge is -2.26. The van der Waals surface area contributed by atoms with Crippen LogP contribution in [0.1, 0.15) is 43.6 Å². The zero-order valence-corrected chi connectivity index (χ0v) is 10.8. The van der Waals surface area contributed by atoms with E-state index in [2.05, 4.69) is 18.6 Å². The van der Waals surface area contributed by atoms with E-state index in [4.69, 9.17) is 4.74 Å².